The molecule has 118 valence electrons. The van der Waals surface area contributed by atoms with Crippen LogP contribution in [0.15, 0.2) is 51.1 Å². The van der Waals surface area contributed by atoms with Crippen LogP contribution in [0.5, 0.6) is 0 Å². The van der Waals surface area contributed by atoms with Crippen molar-refractivity contribution in [2.75, 3.05) is 6.26 Å². The van der Waals surface area contributed by atoms with Crippen LogP contribution in [-0.4, -0.2) is 14.7 Å². The number of hydrogen-bond donors (Lipinski definition) is 0. The van der Waals surface area contributed by atoms with Crippen molar-refractivity contribution in [3.8, 4) is 0 Å². The molecular weight excluding hydrogens is 336 g/mol. The average molecular weight is 355 g/mol. The molecule has 0 heterocycles. The first-order valence-corrected chi connectivity index (χ1v) is 10.0. The molecule has 2 aromatic carbocycles. The Balaban J connectivity index is 2.54. The first-order valence-electron chi connectivity index (χ1n) is 6.96. The quantitative estimate of drug-likeness (QED) is 0.744. The largest absolute Gasteiger partial charge is 0.224 e. The lowest BCUT2D eigenvalue weighted by Crippen LogP contribution is -2.03. The predicted octanol–water partition coefficient (Wildman–Crippen LogP) is 5.33. The summed E-state index contributed by atoms with van der Waals surface area (Å²) in [6.07, 6.45) is 1.26. The smallest absolute Gasteiger partial charge is 0.176 e. The Bertz CT molecular complexity index is 779. The zero-order chi connectivity index (χ0) is 16.5. The van der Waals surface area contributed by atoms with Crippen LogP contribution in [-0.2, 0) is 9.84 Å². The van der Waals surface area contributed by atoms with Crippen LogP contribution in [0.1, 0.15) is 30.9 Å². The van der Waals surface area contributed by atoms with Crippen molar-refractivity contribution < 1.29 is 8.42 Å². The lowest BCUT2D eigenvalue weighted by atomic mass is 9.98. The highest BCUT2D eigenvalue weighted by Crippen LogP contribution is 2.36. The molecule has 0 saturated heterocycles. The fourth-order valence-corrected chi connectivity index (χ4v) is 4.69. The van der Waals surface area contributed by atoms with E-state index in [0.717, 1.165) is 20.9 Å². The summed E-state index contributed by atoms with van der Waals surface area (Å²) in [5.74, 6) is 0.287. The van der Waals surface area contributed by atoms with Gasteiger partial charge in [0.2, 0.25) is 0 Å². The summed E-state index contributed by atoms with van der Waals surface area (Å²) < 4.78 is 24.3. The molecule has 22 heavy (non-hydrogen) atoms. The van der Waals surface area contributed by atoms with Crippen LogP contribution in [0.3, 0.4) is 0 Å². The molecule has 0 bridgehead atoms. The molecule has 0 unspecified atom stereocenters. The SMILES string of the molecule is Cc1cc(Sc2ccc(Cl)cc2)c(S(C)(=O)=O)cc1C(C)C. The van der Waals surface area contributed by atoms with E-state index >= 15 is 0 Å². The fraction of sp³-hybridized carbons (Fsp3) is 0.294. The van der Waals surface area contributed by atoms with Crippen molar-refractivity contribution in [3.05, 3.63) is 52.5 Å². The molecular formula is C17H19ClO2S2. The summed E-state index contributed by atoms with van der Waals surface area (Å²) >= 11 is 7.34. The molecule has 0 radical (unpaired) electrons. The molecule has 0 aliphatic heterocycles. The molecule has 0 saturated carbocycles. The van der Waals surface area contributed by atoms with E-state index in [-0.39, 0.29) is 5.92 Å². The van der Waals surface area contributed by atoms with Crippen molar-refractivity contribution in [2.45, 2.75) is 41.4 Å². The normalized spacial score (nSPS) is 11.9. The monoisotopic (exact) mass is 354 g/mol. The Hall–Kier alpha value is -0.970. The van der Waals surface area contributed by atoms with Gasteiger partial charge in [-0.1, -0.05) is 37.2 Å². The minimum Gasteiger partial charge on any atom is -0.224 e. The van der Waals surface area contributed by atoms with Crippen molar-refractivity contribution in [1.29, 1.82) is 0 Å². The van der Waals surface area contributed by atoms with Gasteiger partial charge in [-0.05, 0) is 60.4 Å². The maximum absolute atomic E-state index is 12.1. The summed E-state index contributed by atoms with van der Waals surface area (Å²) in [6.45, 7) is 6.16. The summed E-state index contributed by atoms with van der Waals surface area (Å²) in [7, 11) is -3.28. The molecule has 0 N–H and O–H groups in total. The Labute approximate surface area is 141 Å². The molecule has 2 aromatic rings. The highest BCUT2D eigenvalue weighted by Gasteiger charge is 2.18. The number of halogens is 1. The van der Waals surface area contributed by atoms with Gasteiger partial charge in [-0.25, -0.2) is 8.42 Å². The Morgan fingerprint density at radius 2 is 1.68 bits per heavy atom. The lowest BCUT2D eigenvalue weighted by Gasteiger charge is -2.15. The van der Waals surface area contributed by atoms with Crippen LogP contribution >= 0.6 is 23.4 Å². The second-order valence-electron chi connectivity index (χ2n) is 5.64. The maximum atomic E-state index is 12.1. The van der Waals surface area contributed by atoms with E-state index in [0.29, 0.717) is 9.92 Å². The van der Waals surface area contributed by atoms with Gasteiger partial charge < -0.3 is 0 Å². The minimum absolute atomic E-state index is 0.287. The zero-order valence-corrected chi connectivity index (χ0v) is 15.4. The standard InChI is InChI=1S/C17H19ClO2S2/c1-11(2)15-10-17(22(4,19)20)16(9-12(15)3)21-14-7-5-13(18)6-8-14/h5-11H,1-4H3. The molecule has 0 aliphatic carbocycles. The summed E-state index contributed by atoms with van der Waals surface area (Å²) in [5, 5.41) is 0.666. The van der Waals surface area contributed by atoms with Gasteiger partial charge in [0, 0.05) is 21.1 Å². The Morgan fingerprint density at radius 1 is 1.09 bits per heavy atom. The average Bonchev–Trinajstić information content (AvgIpc) is 2.39. The minimum atomic E-state index is -3.28. The summed E-state index contributed by atoms with van der Waals surface area (Å²) in [4.78, 5) is 2.11. The summed E-state index contributed by atoms with van der Waals surface area (Å²) in [6, 6.07) is 11.2. The Morgan fingerprint density at radius 3 is 2.18 bits per heavy atom. The van der Waals surface area contributed by atoms with Gasteiger partial charge in [0.25, 0.3) is 0 Å². The third-order valence-electron chi connectivity index (χ3n) is 3.40. The van der Waals surface area contributed by atoms with Crippen LogP contribution < -0.4 is 0 Å². The molecule has 0 aliphatic rings. The molecule has 5 heteroatoms. The molecule has 0 aromatic heterocycles. The van der Waals surface area contributed by atoms with Crippen molar-refractivity contribution in [2.24, 2.45) is 0 Å². The van der Waals surface area contributed by atoms with Crippen LogP contribution in [0.25, 0.3) is 0 Å². The van der Waals surface area contributed by atoms with Gasteiger partial charge in [-0.3, -0.25) is 0 Å². The van der Waals surface area contributed by atoms with E-state index in [4.69, 9.17) is 11.6 Å². The highest BCUT2D eigenvalue weighted by molar-refractivity contribution is 8.00. The van der Waals surface area contributed by atoms with Gasteiger partial charge in [-0.2, -0.15) is 0 Å². The zero-order valence-electron chi connectivity index (χ0n) is 13.1. The van der Waals surface area contributed by atoms with E-state index in [9.17, 15) is 8.42 Å². The number of benzene rings is 2. The van der Waals surface area contributed by atoms with E-state index in [1.807, 2.05) is 31.2 Å². The van der Waals surface area contributed by atoms with E-state index < -0.39 is 9.84 Å². The predicted molar refractivity (Wildman–Crippen MR) is 94.0 cm³/mol. The molecule has 0 amide bonds. The fourth-order valence-electron chi connectivity index (χ4n) is 2.30. The number of rotatable bonds is 4. The van der Waals surface area contributed by atoms with Crippen molar-refractivity contribution in [3.63, 3.8) is 0 Å². The van der Waals surface area contributed by atoms with Gasteiger partial charge in [0.05, 0.1) is 4.90 Å². The third-order valence-corrected chi connectivity index (χ3v) is 5.98. The van der Waals surface area contributed by atoms with E-state index in [1.54, 1.807) is 12.1 Å². The van der Waals surface area contributed by atoms with Crippen LogP contribution in [0.4, 0.5) is 0 Å². The van der Waals surface area contributed by atoms with Gasteiger partial charge in [-0.15, -0.1) is 0 Å². The van der Waals surface area contributed by atoms with Gasteiger partial charge >= 0.3 is 0 Å². The van der Waals surface area contributed by atoms with E-state index in [1.165, 1.54) is 18.0 Å². The van der Waals surface area contributed by atoms with Crippen molar-refractivity contribution in [1.82, 2.24) is 0 Å². The highest BCUT2D eigenvalue weighted by atomic mass is 35.5. The van der Waals surface area contributed by atoms with E-state index in [2.05, 4.69) is 13.8 Å². The van der Waals surface area contributed by atoms with Gasteiger partial charge in [0.15, 0.2) is 9.84 Å². The topological polar surface area (TPSA) is 34.1 Å². The third kappa shape index (κ3) is 4.06. The molecule has 0 spiro atoms. The first kappa shape index (κ1) is 17.4. The van der Waals surface area contributed by atoms with Crippen LogP contribution in [0.2, 0.25) is 5.02 Å². The number of hydrogen-bond acceptors (Lipinski definition) is 3. The number of sulfone groups is 1. The molecule has 2 rings (SSSR count). The van der Waals surface area contributed by atoms with Gasteiger partial charge in [0.1, 0.15) is 0 Å². The second-order valence-corrected chi connectivity index (χ2v) is 9.17. The Kier molecular flexibility index (Phi) is 5.25. The summed E-state index contributed by atoms with van der Waals surface area (Å²) in [5.41, 5.74) is 2.18. The van der Waals surface area contributed by atoms with Crippen LogP contribution in [0, 0.1) is 6.92 Å². The lowest BCUT2D eigenvalue weighted by molar-refractivity contribution is 0.599. The second kappa shape index (κ2) is 6.65. The molecule has 0 fully saturated rings. The maximum Gasteiger partial charge on any atom is 0.176 e. The number of aryl methyl sites for hydroxylation is 1. The van der Waals surface area contributed by atoms with Crippen molar-refractivity contribution >= 4 is 33.2 Å². The molecule has 2 nitrogen and oxygen atoms in total. The first-order chi connectivity index (χ1) is 10.2. The molecule has 0 atom stereocenters.